The zero-order chi connectivity index (χ0) is 20.8. The highest BCUT2D eigenvalue weighted by molar-refractivity contribution is 6.05. The first-order valence-corrected chi connectivity index (χ1v) is 8.86. The highest BCUT2D eigenvalue weighted by Gasteiger charge is 2.27. The Morgan fingerprint density at radius 3 is 2.83 bits per heavy atom. The van der Waals surface area contributed by atoms with Crippen molar-refractivity contribution in [2.24, 2.45) is 7.05 Å². The van der Waals surface area contributed by atoms with E-state index in [9.17, 15) is 19.4 Å². The fourth-order valence-corrected chi connectivity index (χ4v) is 3.07. The number of halogens is 1. The van der Waals surface area contributed by atoms with Crippen LogP contribution in [0.3, 0.4) is 0 Å². The van der Waals surface area contributed by atoms with Gasteiger partial charge in [-0.25, -0.2) is 14.4 Å². The molecule has 0 bridgehead atoms. The van der Waals surface area contributed by atoms with Crippen LogP contribution < -0.4 is 5.32 Å². The maximum absolute atomic E-state index is 13.6. The monoisotopic (exact) mass is 398 g/mol. The van der Waals surface area contributed by atoms with Gasteiger partial charge in [-0.2, -0.15) is 5.10 Å². The number of carbonyl (C=O) groups is 1. The summed E-state index contributed by atoms with van der Waals surface area (Å²) in [6.45, 7) is 0.673. The van der Waals surface area contributed by atoms with Crippen molar-refractivity contribution in [3.8, 4) is 11.4 Å². The van der Waals surface area contributed by atoms with Crippen LogP contribution in [-0.2, 0) is 7.05 Å². The molecule has 1 amide bonds. The van der Waals surface area contributed by atoms with E-state index in [-0.39, 0.29) is 11.4 Å². The van der Waals surface area contributed by atoms with Gasteiger partial charge in [0.1, 0.15) is 22.7 Å². The van der Waals surface area contributed by atoms with Gasteiger partial charge in [-0.1, -0.05) is 0 Å². The standard InChI is InChI=1S/C19H19FN6O3/c1-19(8-27,9-28)24-18(29)12-6-21-17-16(12)23-13(7-22-17)15-11-4-3-10(20)5-14(11)26(2)25-15/h3-7,27-28H,8-9H2,1-2H3,(H,21,22)(H,24,29). The summed E-state index contributed by atoms with van der Waals surface area (Å²) in [6.07, 6.45) is 2.99. The summed E-state index contributed by atoms with van der Waals surface area (Å²) < 4.78 is 15.1. The van der Waals surface area contributed by atoms with Gasteiger partial charge in [-0.05, 0) is 25.1 Å². The van der Waals surface area contributed by atoms with Crippen LogP contribution in [0.5, 0.6) is 0 Å². The number of amides is 1. The third-order valence-corrected chi connectivity index (χ3v) is 4.79. The van der Waals surface area contributed by atoms with Crippen molar-refractivity contribution in [1.82, 2.24) is 30.0 Å². The van der Waals surface area contributed by atoms with E-state index < -0.39 is 24.7 Å². The van der Waals surface area contributed by atoms with Gasteiger partial charge < -0.3 is 20.5 Å². The van der Waals surface area contributed by atoms with E-state index in [1.54, 1.807) is 17.8 Å². The van der Waals surface area contributed by atoms with E-state index in [1.165, 1.54) is 31.5 Å². The van der Waals surface area contributed by atoms with Crippen molar-refractivity contribution < 1.29 is 19.4 Å². The maximum atomic E-state index is 13.6. The SMILES string of the molecule is Cn1nc(-c2cnc3[nH]cc(C(=O)NC(C)(CO)CO)c3n2)c2ccc(F)cc21. The van der Waals surface area contributed by atoms with Gasteiger partial charge in [0.25, 0.3) is 5.91 Å². The minimum atomic E-state index is -1.17. The molecule has 0 saturated heterocycles. The van der Waals surface area contributed by atoms with Crippen LogP contribution in [0.15, 0.2) is 30.6 Å². The van der Waals surface area contributed by atoms with Crippen LogP contribution in [0.2, 0.25) is 0 Å². The molecular weight excluding hydrogens is 379 g/mol. The van der Waals surface area contributed by atoms with Crippen LogP contribution in [0, 0.1) is 5.82 Å². The number of hydrogen-bond acceptors (Lipinski definition) is 6. The Kier molecular flexibility index (Phi) is 4.52. The summed E-state index contributed by atoms with van der Waals surface area (Å²) in [5.41, 5.74) is 1.31. The Hall–Kier alpha value is -3.37. The first-order valence-electron chi connectivity index (χ1n) is 8.86. The number of aromatic nitrogens is 5. The lowest BCUT2D eigenvalue weighted by molar-refractivity contribution is 0.0725. The number of hydrogen-bond donors (Lipinski definition) is 4. The number of nitrogens with zero attached hydrogens (tertiary/aromatic N) is 4. The third-order valence-electron chi connectivity index (χ3n) is 4.79. The van der Waals surface area contributed by atoms with E-state index in [4.69, 9.17) is 0 Å². The molecule has 4 N–H and O–H groups in total. The molecule has 3 heterocycles. The summed E-state index contributed by atoms with van der Waals surface area (Å²) in [7, 11) is 1.71. The number of nitrogens with one attached hydrogen (secondary N) is 2. The summed E-state index contributed by atoms with van der Waals surface area (Å²) in [6, 6.07) is 4.36. The van der Waals surface area contributed by atoms with Crippen molar-refractivity contribution in [3.05, 3.63) is 42.0 Å². The van der Waals surface area contributed by atoms with Gasteiger partial charge >= 0.3 is 0 Å². The van der Waals surface area contributed by atoms with Gasteiger partial charge in [0, 0.05) is 18.6 Å². The molecule has 0 fully saturated rings. The van der Waals surface area contributed by atoms with E-state index in [0.717, 1.165) is 0 Å². The smallest absolute Gasteiger partial charge is 0.255 e. The molecule has 0 unspecified atom stereocenters. The van der Waals surface area contributed by atoms with Crippen LogP contribution >= 0.6 is 0 Å². The fourth-order valence-electron chi connectivity index (χ4n) is 3.07. The van der Waals surface area contributed by atoms with Gasteiger partial charge in [-0.3, -0.25) is 9.48 Å². The normalized spacial score (nSPS) is 12.0. The fraction of sp³-hybridized carbons (Fsp3) is 0.263. The number of H-pyrrole nitrogens is 1. The molecule has 3 aromatic heterocycles. The van der Waals surface area contributed by atoms with Gasteiger partial charge in [0.05, 0.1) is 36.0 Å². The number of aryl methyl sites for hydroxylation is 1. The summed E-state index contributed by atoms with van der Waals surface area (Å²) >= 11 is 0. The average Bonchev–Trinajstić information content (AvgIpc) is 3.28. The second-order valence-corrected chi connectivity index (χ2v) is 7.12. The third kappa shape index (κ3) is 3.22. The molecule has 150 valence electrons. The van der Waals surface area contributed by atoms with Crippen LogP contribution in [-0.4, -0.2) is 59.6 Å². The predicted octanol–water partition coefficient (Wildman–Crippen LogP) is 1.12. The first-order chi connectivity index (χ1) is 13.8. The maximum Gasteiger partial charge on any atom is 0.255 e. The highest BCUT2D eigenvalue weighted by atomic mass is 19.1. The Bertz CT molecular complexity index is 1230. The largest absolute Gasteiger partial charge is 0.394 e. The zero-order valence-electron chi connectivity index (χ0n) is 15.8. The predicted molar refractivity (Wildman–Crippen MR) is 104 cm³/mol. The first kappa shape index (κ1) is 19.0. The number of fused-ring (bicyclic) bond motifs is 2. The van der Waals surface area contributed by atoms with E-state index >= 15 is 0 Å². The van der Waals surface area contributed by atoms with Crippen molar-refractivity contribution >= 4 is 28.0 Å². The second-order valence-electron chi connectivity index (χ2n) is 7.12. The average molecular weight is 398 g/mol. The van der Waals surface area contributed by atoms with Crippen molar-refractivity contribution in [1.29, 1.82) is 0 Å². The summed E-state index contributed by atoms with van der Waals surface area (Å²) in [5, 5.41) is 26.6. The minimum absolute atomic E-state index is 0.216. The molecule has 0 aliphatic heterocycles. The molecule has 0 spiro atoms. The number of carbonyl (C=O) groups excluding carboxylic acids is 1. The Balaban J connectivity index is 1.80. The molecule has 10 heteroatoms. The quantitative estimate of drug-likeness (QED) is 0.399. The van der Waals surface area contributed by atoms with Gasteiger partial charge in [0.2, 0.25) is 0 Å². The lowest BCUT2D eigenvalue weighted by Gasteiger charge is -2.25. The van der Waals surface area contributed by atoms with Crippen LogP contribution in [0.25, 0.3) is 33.5 Å². The Morgan fingerprint density at radius 1 is 1.34 bits per heavy atom. The van der Waals surface area contributed by atoms with E-state index in [1.807, 2.05) is 0 Å². The Morgan fingerprint density at radius 2 is 2.10 bits per heavy atom. The van der Waals surface area contributed by atoms with Crippen molar-refractivity contribution in [2.75, 3.05) is 13.2 Å². The number of aliphatic hydroxyl groups excluding tert-OH is 2. The lowest BCUT2D eigenvalue weighted by Crippen LogP contribution is -2.51. The van der Waals surface area contributed by atoms with E-state index in [2.05, 4.69) is 25.4 Å². The topological polar surface area (TPSA) is 129 Å². The van der Waals surface area contributed by atoms with Crippen LogP contribution in [0.4, 0.5) is 4.39 Å². The molecule has 9 nitrogen and oxygen atoms in total. The molecule has 29 heavy (non-hydrogen) atoms. The molecule has 4 rings (SSSR count). The number of aromatic amines is 1. The summed E-state index contributed by atoms with van der Waals surface area (Å²) in [4.78, 5) is 24.4. The van der Waals surface area contributed by atoms with Crippen LogP contribution in [0.1, 0.15) is 17.3 Å². The molecule has 0 radical (unpaired) electrons. The summed E-state index contributed by atoms with van der Waals surface area (Å²) in [5.74, 6) is -0.879. The lowest BCUT2D eigenvalue weighted by atomic mass is 10.0. The molecule has 1 aromatic carbocycles. The molecule has 4 aromatic rings. The molecule has 0 aliphatic carbocycles. The number of aliphatic hydroxyl groups is 2. The van der Waals surface area contributed by atoms with Crippen molar-refractivity contribution in [3.63, 3.8) is 0 Å². The van der Waals surface area contributed by atoms with Gasteiger partial charge in [0.15, 0.2) is 5.65 Å². The minimum Gasteiger partial charge on any atom is -0.394 e. The molecule has 0 aliphatic rings. The van der Waals surface area contributed by atoms with E-state index in [0.29, 0.717) is 33.5 Å². The molecule has 0 saturated carbocycles. The molecule has 0 atom stereocenters. The Labute approximate surface area is 164 Å². The van der Waals surface area contributed by atoms with Gasteiger partial charge in [-0.15, -0.1) is 0 Å². The van der Waals surface area contributed by atoms with Crippen molar-refractivity contribution in [2.45, 2.75) is 12.5 Å². The highest BCUT2D eigenvalue weighted by Crippen LogP contribution is 2.28. The second kappa shape index (κ2) is 6.90. The number of benzene rings is 1. The zero-order valence-corrected chi connectivity index (χ0v) is 15.8. The number of rotatable bonds is 5. The molecular formula is C19H19FN6O3.